The number of thiophene rings is 1. The van der Waals surface area contributed by atoms with Crippen LogP contribution in [0.3, 0.4) is 0 Å². The second-order valence-electron chi connectivity index (χ2n) is 4.05. The van der Waals surface area contributed by atoms with Crippen molar-refractivity contribution in [1.29, 1.82) is 0 Å². The first-order valence-electron chi connectivity index (χ1n) is 5.26. The van der Waals surface area contributed by atoms with Crippen molar-refractivity contribution in [2.24, 2.45) is 5.73 Å². The van der Waals surface area contributed by atoms with Crippen LogP contribution in [0.15, 0.2) is 24.3 Å². The molecule has 1 nitrogen and oxygen atoms in total. The lowest BCUT2D eigenvalue weighted by Crippen LogP contribution is -2.12. The number of halogens is 2. The Bertz CT molecular complexity index is 550. The molecule has 2 N–H and O–H groups in total. The summed E-state index contributed by atoms with van der Waals surface area (Å²) in [6, 6.07) is 6.14. The maximum atomic E-state index is 13.0. The van der Waals surface area contributed by atoms with Crippen molar-refractivity contribution in [3.8, 4) is 0 Å². The van der Waals surface area contributed by atoms with E-state index < -0.39 is 0 Å². The number of aryl methyl sites for hydroxylation is 2. The van der Waals surface area contributed by atoms with Crippen molar-refractivity contribution in [1.82, 2.24) is 0 Å². The molecule has 17 heavy (non-hydrogen) atoms. The fourth-order valence-corrected chi connectivity index (χ4v) is 3.20. The molecule has 0 aliphatic carbocycles. The molecule has 0 aliphatic heterocycles. The van der Waals surface area contributed by atoms with Gasteiger partial charge in [0.25, 0.3) is 0 Å². The van der Waals surface area contributed by atoms with E-state index in [2.05, 4.69) is 6.07 Å². The molecule has 0 bridgehead atoms. The number of hydrogen-bond acceptors (Lipinski definition) is 2. The van der Waals surface area contributed by atoms with Gasteiger partial charge in [-0.25, -0.2) is 4.39 Å². The van der Waals surface area contributed by atoms with Crippen molar-refractivity contribution in [3.63, 3.8) is 0 Å². The molecule has 0 saturated carbocycles. The first-order valence-corrected chi connectivity index (χ1v) is 6.46. The van der Waals surface area contributed by atoms with Gasteiger partial charge < -0.3 is 5.73 Å². The van der Waals surface area contributed by atoms with Crippen molar-refractivity contribution in [2.75, 3.05) is 0 Å². The van der Waals surface area contributed by atoms with Gasteiger partial charge in [-0.05, 0) is 43.2 Å². The maximum absolute atomic E-state index is 13.0. The number of rotatable bonds is 2. The summed E-state index contributed by atoms with van der Waals surface area (Å²) in [6.45, 7) is 4.07. The zero-order valence-corrected chi connectivity index (χ0v) is 11.2. The molecule has 1 heterocycles. The summed E-state index contributed by atoms with van der Waals surface area (Å²) < 4.78 is 13.0. The fraction of sp³-hybridized carbons (Fsp3) is 0.231. The second-order valence-corrected chi connectivity index (χ2v) is 5.74. The third-order valence-corrected chi connectivity index (χ3v) is 4.22. The lowest BCUT2D eigenvalue weighted by atomic mass is 10.0. The summed E-state index contributed by atoms with van der Waals surface area (Å²) in [6.07, 6.45) is 0. The molecule has 1 aromatic heterocycles. The highest BCUT2D eigenvalue weighted by molar-refractivity contribution is 7.12. The Morgan fingerprint density at radius 3 is 2.53 bits per heavy atom. The van der Waals surface area contributed by atoms with Crippen LogP contribution >= 0.6 is 22.9 Å². The first-order chi connectivity index (χ1) is 7.99. The van der Waals surface area contributed by atoms with Gasteiger partial charge in [-0.15, -0.1) is 11.3 Å². The molecule has 1 unspecified atom stereocenters. The van der Waals surface area contributed by atoms with E-state index >= 15 is 0 Å². The van der Waals surface area contributed by atoms with E-state index in [0.29, 0.717) is 5.02 Å². The predicted molar refractivity (Wildman–Crippen MR) is 71.2 cm³/mol. The molecule has 2 rings (SSSR count). The zero-order valence-electron chi connectivity index (χ0n) is 9.63. The Hall–Kier alpha value is -0.900. The predicted octanol–water partition coefficient (Wildman–Crippen LogP) is 4.21. The van der Waals surface area contributed by atoms with Gasteiger partial charge in [-0.3, -0.25) is 0 Å². The van der Waals surface area contributed by atoms with E-state index in [0.717, 1.165) is 16.0 Å². The van der Waals surface area contributed by atoms with Crippen LogP contribution in [-0.4, -0.2) is 0 Å². The minimum absolute atomic E-state index is 0.290. The van der Waals surface area contributed by atoms with Crippen LogP contribution in [0.4, 0.5) is 4.39 Å². The Morgan fingerprint density at radius 1 is 1.29 bits per heavy atom. The van der Waals surface area contributed by atoms with Gasteiger partial charge in [-0.2, -0.15) is 0 Å². The van der Waals surface area contributed by atoms with Crippen LogP contribution in [0.1, 0.15) is 26.9 Å². The van der Waals surface area contributed by atoms with Gasteiger partial charge >= 0.3 is 0 Å². The highest BCUT2D eigenvalue weighted by atomic mass is 35.5. The average molecular weight is 270 g/mol. The third kappa shape index (κ3) is 2.51. The quantitative estimate of drug-likeness (QED) is 0.869. The van der Waals surface area contributed by atoms with E-state index in [9.17, 15) is 4.39 Å². The van der Waals surface area contributed by atoms with Crippen molar-refractivity contribution in [3.05, 3.63) is 56.0 Å². The molecular weight excluding hydrogens is 257 g/mol. The van der Waals surface area contributed by atoms with Gasteiger partial charge in [0.05, 0.1) is 6.04 Å². The molecule has 0 amide bonds. The van der Waals surface area contributed by atoms with Gasteiger partial charge in [0, 0.05) is 14.8 Å². The van der Waals surface area contributed by atoms with Gasteiger partial charge in [-0.1, -0.05) is 17.7 Å². The van der Waals surface area contributed by atoms with E-state index in [1.165, 1.54) is 17.0 Å². The molecule has 0 aliphatic rings. The van der Waals surface area contributed by atoms with Gasteiger partial charge in [0.1, 0.15) is 5.82 Å². The number of hydrogen-bond donors (Lipinski definition) is 1. The minimum Gasteiger partial charge on any atom is -0.320 e. The summed E-state index contributed by atoms with van der Waals surface area (Å²) >= 11 is 7.67. The lowest BCUT2D eigenvalue weighted by Gasteiger charge is -2.13. The highest BCUT2D eigenvalue weighted by Crippen LogP contribution is 2.33. The Balaban J connectivity index is 2.43. The van der Waals surface area contributed by atoms with E-state index in [1.54, 1.807) is 17.4 Å². The molecule has 0 saturated heterocycles. The van der Waals surface area contributed by atoms with E-state index in [-0.39, 0.29) is 11.9 Å². The Kier molecular flexibility index (Phi) is 3.52. The van der Waals surface area contributed by atoms with Gasteiger partial charge in [0.15, 0.2) is 0 Å². The molecule has 1 aromatic carbocycles. The topological polar surface area (TPSA) is 26.0 Å². The summed E-state index contributed by atoms with van der Waals surface area (Å²) in [5.74, 6) is -0.343. The standard InChI is InChI=1S/C13H13ClFNS/c1-7-5-8(2)17-13(7)12(16)10-4-3-9(15)6-11(10)14/h3-6,12H,16H2,1-2H3. The SMILES string of the molecule is Cc1cc(C)c(C(N)c2ccc(F)cc2Cl)s1. The second kappa shape index (κ2) is 4.77. The van der Waals surface area contributed by atoms with Crippen LogP contribution in [-0.2, 0) is 0 Å². The summed E-state index contributed by atoms with van der Waals surface area (Å²) in [4.78, 5) is 2.29. The van der Waals surface area contributed by atoms with E-state index in [4.69, 9.17) is 17.3 Å². The maximum Gasteiger partial charge on any atom is 0.124 e. The lowest BCUT2D eigenvalue weighted by molar-refractivity contribution is 0.626. The largest absolute Gasteiger partial charge is 0.320 e. The van der Waals surface area contributed by atoms with E-state index in [1.807, 2.05) is 13.8 Å². The minimum atomic E-state index is -0.343. The molecular formula is C13H13ClFNS. The monoisotopic (exact) mass is 269 g/mol. The Labute approximate surface area is 109 Å². The van der Waals surface area contributed by atoms with Crippen molar-refractivity contribution < 1.29 is 4.39 Å². The Morgan fingerprint density at radius 2 is 2.00 bits per heavy atom. The molecule has 0 fully saturated rings. The number of benzene rings is 1. The summed E-state index contributed by atoms with van der Waals surface area (Å²) in [5.41, 5.74) is 8.10. The molecule has 4 heteroatoms. The van der Waals surface area contributed by atoms with Crippen LogP contribution in [0.5, 0.6) is 0 Å². The molecule has 2 aromatic rings. The van der Waals surface area contributed by atoms with Crippen molar-refractivity contribution in [2.45, 2.75) is 19.9 Å². The van der Waals surface area contributed by atoms with Crippen LogP contribution < -0.4 is 5.73 Å². The molecule has 1 atom stereocenters. The summed E-state index contributed by atoms with van der Waals surface area (Å²) in [5, 5.41) is 0.378. The summed E-state index contributed by atoms with van der Waals surface area (Å²) in [7, 11) is 0. The number of nitrogens with two attached hydrogens (primary N) is 1. The fourth-order valence-electron chi connectivity index (χ4n) is 1.86. The van der Waals surface area contributed by atoms with Gasteiger partial charge in [0.2, 0.25) is 0 Å². The molecule has 0 radical (unpaired) electrons. The van der Waals surface area contributed by atoms with Crippen LogP contribution in [0.25, 0.3) is 0 Å². The van der Waals surface area contributed by atoms with Crippen molar-refractivity contribution >= 4 is 22.9 Å². The first kappa shape index (κ1) is 12.6. The highest BCUT2D eigenvalue weighted by Gasteiger charge is 2.17. The smallest absolute Gasteiger partial charge is 0.124 e. The average Bonchev–Trinajstić information content (AvgIpc) is 2.57. The normalized spacial score (nSPS) is 12.8. The van der Waals surface area contributed by atoms with Crippen LogP contribution in [0, 0.1) is 19.7 Å². The van der Waals surface area contributed by atoms with Crippen LogP contribution in [0.2, 0.25) is 5.02 Å². The molecule has 0 spiro atoms. The zero-order chi connectivity index (χ0) is 12.6. The third-order valence-electron chi connectivity index (χ3n) is 2.66. The molecule has 90 valence electrons.